The number of halogens is 2. The molecule has 0 heterocycles. The van der Waals surface area contributed by atoms with Crippen LogP contribution < -0.4 is 5.32 Å². The minimum atomic E-state index is -2.97. The number of amides is 1. The van der Waals surface area contributed by atoms with Gasteiger partial charge in [-0.15, -0.1) is 0 Å². The fourth-order valence-electron chi connectivity index (χ4n) is 1.46. The van der Waals surface area contributed by atoms with Crippen molar-refractivity contribution in [2.75, 3.05) is 18.6 Å². The topological polar surface area (TPSA) is 63.2 Å². The molecular weight excluding hydrogens is 309 g/mol. The highest BCUT2D eigenvalue weighted by Crippen LogP contribution is 2.22. The molecule has 0 bridgehead atoms. The number of carbonyl (C=O) groups excluding carboxylic acids is 1. The first-order valence-corrected chi connectivity index (χ1v) is 8.48. The molecule has 1 rings (SSSR count). The van der Waals surface area contributed by atoms with Gasteiger partial charge in [-0.3, -0.25) is 4.79 Å². The number of hydrogen-bond acceptors (Lipinski definition) is 3. The molecule has 4 nitrogen and oxygen atoms in total. The lowest BCUT2D eigenvalue weighted by molar-refractivity contribution is -0.120. The third-order valence-electron chi connectivity index (χ3n) is 2.36. The first-order valence-electron chi connectivity index (χ1n) is 5.66. The minimum Gasteiger partial charge on any atom is -0.356 e. The molecule has 0 aliphatic carbocycles. The Balaban J connectivity index is 2.37. The lowest BCUT2D eigenvalue weighted by atomic mass is 10.1. The van der Waals surface area contributed by atoms with Crippen LogP contribution in [0.2, 0.25) is 10.0 Å². The van der Waals surface area contributed by atoms with Crippen LogP contribution in [0.15, 0.2) is 18.2 Å². The van der Waals surface area contributed by atoms with Crippen molar-refractivity contribution in [2.24, 2.45) is 0 Å². The van der Waals surface area contributed by atoms with Gasteiger partial charge in [0.1, 0.15) is 9.84 Å². The highest BCUT2D eigenvalue weighted by molar-refractivity contribution is 7.90. The predicted octanol–water partition coefficient (Wildman–Crippen LogP) is 2.09. The molecule has 19 heavy (non-hydrogen) atoms. The van der Waals surface area contributed by atoms with Gasteiger partial charge in [-0.1, -0.05) is 29.3 Å². The van der Waals surface area contributed by atoms with E-state index in [0.717, 1.165) is 5.56 Å². The Labute approximate surface area is 123 Å². The fourth-order valence-corrected chi connectivity index (χ4v) is 2.45. The maximum absolute atomic E-state index is 11.6. The van der Waals surface area contributed by atoms with Crippen LogP contribution in [0, 0.1) is 0 Å². The van der Waals surface area contributed by atoms with Gasteiger partial charge in [-0.05, 0) is 24.1 Å². The van der Waals surface area contributed by atoms with Crippen molar-refractivity contribution >= 4 is 38.9 Å². The molecule has 0 fully saturated rings. The molecule has 0 radical (unpaired) electrons. The van der Waals surface area contributed by atoms with E-state index in [9.17, 15) is 13.2 Å². The first kappa shape index (κ1) is 16.3. The summed E-state index contributed by atoms with van der Waals surface area (Å²) in [5.74, 6) is -0.105. The van der Waals surface area contributed by atoms with Crippen molar-refractivity contribution in [1.82, 2.24) is 5.32 Å². The number of nitrogens with one attached hydrogen (secondary N) is 1. The van der Waals surface area contributed by atoms with Crippen molar-refractivity contribution in [3.05, 3.63) is 33.8 Å². The average molecular weight is 324 g/mol. The van der Waals surface area contributed by atoms with Crippen LogP contribution in [0.25, 0.3) is 0 Å². The van der Waals surface area contributed by atoms with Gasteiger partial charge in [0, 0.05) is 12.8 Å². The van der Waals surface area contributed by atoms with Gasteiger partial charge in [-0.25, -0.2) is 8.42 Å². The van der Waals surface area contributed by atoms with Crippen LogP contribution in [0.3, 0.4) is 0 Å². The molecule has 0 aliphatic heterocycles. The second-order valence-corrected chi connectivity index (χ2v) is 7.33. The highest BCUT2D eigenvalue weighted by atomic mass is 35.5. The maximum atomic E-state index is 11.6. The Bertz CT molecular complexity index is 558. The lowest BCUT2D eigenvalue weighted by Crippen LogP contribution is -2.27. The Morgan fingerprint density at radius 2 is 1.95 bits per heavy atom. The number of rotatable bonds is 6. The van der Waals surface area contributed by atoms with Crippen molar-refractivity contribution in [1.29, 1.82) is 0 Å². The number of carbonyl (C=O) groups is 1. The Hall–Kier alpha value is -0.780. The van der Waals surface area contributed by atoms with Crippen LogP contribution in [0.1, 0.15) is 12.0 Å². The Kier molecular flexibility index (Phi) is 6.10. The molecule has 0 atom stereocenters. The summed E-state index contributed by atoms with van der Waals surface area (Å²) >= 11 is 11.6. The van der Waals surface area contributed by atoms with E-state index in [0.29, 0.717) is 23.0 Å². The van der Waals surface area contributed by atoms with E-state index in [1.807, 2.05) is 0 Å². The second kappa shape index (κ2) is 7.12. The van der Waals surface area contributed by atoms with Gasteiger partial charge in [0.15, 0.2) is 0 Å². The Morgan fingerprint density at radius 3 is 2.53 bits per heavy atom. The third kappa shape index (κ3) is 6.80. The van der Waals surface area contributed by atoms with Crippen molar-refractivity contribution in [3.63, 3.8) is 0 Å². The summed E-state index contributed by atoms with van der Waals surface area (Å²) in [6.45, 7) is 0.341. The molecule has 1 aromatic rings. The standard InChI is InChI=1S/C12H15Cl2NO3S/c1-19(17,18)6-2-5-15-12(16)8-9-3-4-10(13)11(14)7-9/h3-4,7H,2,5-6,8H2,1H3,(H,15,16). The van der Waals surface area contributed by atoms with E-state index in [1.165, 1.54) is 6.26 Å². The first-order chi connectivity index (χ1) is 8.78. The third-order valence-corrected chi connectivity index (χ3v) is 4.13. The minimum absolute atomic E-state index is 0.0695. The van der Waals surface area contributed by atoms with Gasteiger partial charge in [0.25, 0.3) is 0 Å². The van der Waals surface area contributed by atoms with Crippen LogP contribution >= 0.6 is 23.2 Å². The summed E-state index contributed by atoms with van der Waals surface area (Å²) in [7, 11) is -2.97. The predicted molar refractivity (Wildman–Crippen MR) is 77.5 cm³/mol. The summed E-state index contributed by atoms with van der Waals surface area (Å²) in [5.41, 5.74) is 0.759. The smallest absolute Gasteiger partial charge is 0.224 e. The number of benzene rings is 1. The monoisotopic (exact) mass is 323 g/mol. The van der Waals surface area contributed by atoms with E-state index >= 15 is 0 Å². The molecule has 0 aromatic heterocycles. The van der Waals surface area contributed by atoms with E-state index < -0.39 is 9.84 Å². The highest BCUT2D eigenvalue weighted by Gasteiger charge is 2.06. The molecule has 1 amide bonds. The largest absolute Gasteiger partial charge is 0.356 e. The van der Waals surface area contributed by atoms with Gasteiger partial charge < -0.3 is 5.32 Å². The Morgan fingerprint density at radius 1 is 1.26 bits per heavy atom. The second-order valence-electron chi connectivity index (χ2n) is 4.26. The quantitative estimate of drug-likeness (QED) is 0.815. The molecule has 106 valence electrons. The van der Waals surface area contributed by atoms with E-state index in [-0.39, 0.29) is 18.1 Å². The maximum Gasteiger partial charge on any atom is 0.224 e. The molecule has 1 N–H and O–H groups in total. The van der Waals surface area contributed by atoms with Gasteiger partial charge >= 0.3 is 0 Å². The fraction of sp³-hybridized carbons (Fsp3) is 0.417. The molecule has 7 heteroatoms. The molecule has 1 aromatic carbocycles. The lowest BCUT2D eigenvalue weighted by Gasteiger charge is -2.05. The van der Waals surface area contributed by atoms with Crippen LogP contribution in [0.4, 0.5) is 0 Å². The van der Waals surface area contributed by atoms with Crippen molar-refractivity contribution in [3.8, 4) is 0 Å². The average Bonchev–Trinajstić information content (AvgIpc) is 2.28. The van der Waals surface area contributed by atoms with Crippen LogP contribution in [-0.4, -0.2) is 32.9 Å². The molecule has 0 saturated carbocycles. The van der Waals surface area contributed by atoms with Gasteiger partial charge in [0.05, 0.1) is 22.2 Å². The molecule has 0 aliphatic rings. The summed E-state index contributed by atoms with van der Waals surface area (Å²) < 4.78 is 21.8. The van der Waals surface area contributed by atoms with Crippen molar-refractivity contribution < 1.29 is 13.2 Å². The number of sulfone groups is 1. The summed E-state index contributed by atoms with van der Waals surface area (Å²) in [5, 5.41) is 3.51. The van der Waals surface area contributed by atoms with Gasteiger partial charge in [-0.2, -0.15) is 0 Å². The summed E-state index contributed by atoms with van der Waals surface area (Å²) in [6, 6.07) is 5.00. The van der Waals surface area contributed by atoms with Crippen LogP contribution in [-0.2, 0) is 21.1 Å². The zero-order valence-electron chi connectivity index (χ0n) is 10.4. The number of hydrogen-bond donors (Lipinski definition) is 1. The zero-order chi connectivity index (χ0) is 14.5. The van der Waals surface area contributed by atoms with Gasteiger partial charge in [0.2, 0.25) is 5.91 Å². The molecule has 0 saturated heterocycles. The normalized spacial score (nSPS) is 11.3. The zero-order valence-corrected chi connectivity index (χ0v) is 12.8. The molecule has 0 unspecified atom stereocenters. The van der Waals surface area contributed by atoms with Crippen molar-refractivity contribution in [2.45, 2.75) is 12.8 Å². The summed E-state index contributed by atoms with van der Waals surface area (Å²) in [6.07, 6.45) is 1.77. The summed E-state index contributed by atoms with van der Waals surface area (Å²) in [4.78, 5) is 11.6. The molecule has 0 spiro atoms. The van der Waals surface area contributed by atoms with E-state index in [2.05, 4.69) is 5.32 Å². The van der Waals surface area contributed by atoms with Crippen LogP contribution in [0.5, 0.6) is 0 Å². The molecular formula is C12H15Cl2NO3S. The van der Waals surface area contributed by atoms with E-state index in [1.54, 1.807) is 18.2 Å². The van der Waals surface area contributed by atoms with E-state index in [4.69, 9.17) is 23.2 Å². The SMILES string of the molecule is CS(=O)(=O)CCCNC(=O)Cc1ccc(Cl)c(Cl)c1.